The molecular formula is C20H19N3O4. The lowest BCUT2D eigenvalue weighted by molar-refractivity contribution is -0.142. The van der Waals surface area contributed by atoms with E-state index in [1.165, 1.54) is 4.90 Å². The van der Waals surface area contributed by atoms with Crippen molar-refractivity contribution in [1.29, 1.82) is 0 Å². The molecule has 0 aromatic heterocycles. The lowest BCUT2D eigenvalue weighted by atomic mass is 9.98. The van der Waals surface area contributed by atoms with Gasteiger partial charge in [0, 0.05) is 11.8 Å². The molecule has 1 unspecified atom stereocenters. The van der Waals surface area contributed by atoms with Crippen molar-refractivity contribution in [3.05, 3.63) is 54.1 Å². The van der Waals surface area contributed by atoms with E-state index < -0.39 is 18.0 Å². The minimum atomic E-state index is -1.10. The number of benzene rings is 2. The predicted octanol–water partition coefficient (Wildman–Crippen LogP) is 1.75. The van der Waals surface area contributed by atoms with E-state index in [0.717, 1.165) is 11.1 Å². The van der Waals surface area contributed by atoms with Crippen LogP contribution in [0.4, 0.5) is 5.69 Å². The number of carbonyl (C=O) groups excluding carboxylic acids is 3. The normalized spacial score (nSPS) is 15.7. The van der Waals surface area contributed by atoms with Crippen molar-refractivity contribution in [2.75, 3.05) is 18.1 Å². The average Bonchev–Trinajstić information content (AvgIpc) is 2.81. The van der Waals surface area contributed by atoms with E-state index in [9.17, 15) is 14.4 Å². The van der Waals surface area contributed by atoms with Gasteiger partial charge in [-0.25, -0.2) is 0 Å². The van der Waals surface area contributed by atoms with Gasteiger partial charge in [-0.1, -0.05) is 42.5 Å². The molecule has 2 aromatic carbocycles. The predicted molar refractivity (Wildman–Crippen MR) is 101 cm³/mol. The van der Waals surface area contributed by atoms with Crippen molar-refractivity contribution >= 4 is 30.2 Å². The highest BCUT2D eigenvalue weighted by molar-refractivity contribution is 6.10. The Hall–Kier alpha value is -3.48. The maximum atomic E-state index is 12.9. The molecule has 1 aliphatic rings. The van der Waals surface area contributed by atoms with Crippen LogP contribution in [0.25, 0.3) is 11.1 Å². The quantitative estimate of drug-likeness (QED) is 0.624. The fourth-order valence-corrected chi connectivity index (χ4v) is 2.95. The number of fused-ring (bicyclic) bond motifs is 1. The van der Waals surface area contributed by atoms with Crippen LogP contribution in [0.1, 0.15) is 12.5 Å². The Balaban J connectivity index is 2.11. The van der Waals surface area contributed by atoms with Gasteiger partial charge in [0.25, 0.3) is 5.91 Å². The molecule has 1 aliphatic heterocycles. The van der Waals surface area contributed by atoms with Crippen LogP contribution in [0.2, 0.25) is 0 Å². The number of carbonyl (C=O) groups is 3. The summed E-state index contributed by atoms with van der Waals surface area (Å²) in [5.41, 5.74) is 3.04. The van der Waals surface area contributed by atoms with Gasteiger partial charge in [-0.15, -0.1) is 0 Å². The molecule has 0 fully saturated rings. The zero-order valence-corrected chi connectivity index (χ0v) is 14.8. The Kier molecular flexibility index (Phi) is 5.61. The number of nitrogens with one attached hydrogen (secondary N) is 1. The number of benzodiazepines with no additional fused rings is 1. The van der Waals surface area contributed by atoms with Crippen LogP contribution in [0.15, 0.2) is 53.5 Å². The van der Waals surface area contributed by atoms with Crippen LogP contribution in [-0.4, -0.2) is 43.8 Å². The summed E-state index contributed by atoms with van der Waals surface area (Å²) >= 11 is 0. The fraction of sp³-hybridized carbons (Fsp3) is 0.200. The standard InChI is InChI=1S/C20H19N3O4/c1-2-27-18(25)12-23-17-10-6-9-15(14-7-4-3-5-8-14)16(17)11-21-19(20(23)26)22-13-24/h3-11,13,19H,2,12H2,1H3,(H,22,24). The molecule has 7 heteroatoms. The summed E-state index contributed by atoms with van der Waals surface area (Å²) in [6.07, 6.45) is 0.867. The van der Waals surface area contributed by atoms with Crippen molar-refractivity contribution in [3.63, 3.8) is 0 Å². The summed E-state index contributed by atoms with van der Waals surface area (Å²) in [7, 11) is 0. The van der Waals surface area contributed by atoms with Gasteiger partial charge < -0.3 is 10.1 Å². The topological polar surface area (TPSA) is 88.1 Å². The molecule has 0 radical (unpaired) electrons. The molecule has 0 bridgehead atoms. The zero-order valence-electron chi connectivity index (χ0n) is 14.8. The van der Waals surface area contributed by atoms with E-state index in [1.807, 2.05) is 42.5 Å². The average molecular weight is 365 g/mol. The van der Waals surface area contributed by atoms with Gasteiger partial charge in [0.15, 0.2) is 0 Å². The lowest BCUT2D eigenvalue weighted by Gasteiger charge is -2.24. The van der Waals surface area contributed by atoms with Crippen LogP contribution < -0.4 is 10.2 Å². The second-order valence-corrected chi connectivity index (χ2v) is 5.80. The van der Waals surface area contributed by atoms with Crippen molar-refractivity contribution in [1.82, 2.24) is 5.32 Å². The first-order valence-corrected chi connectivity index (χ1v) is 8.54. The lowest BCUT2D eigenvalue weighted by Crippen LogP contribution is -2.47. The number of amides is 2. The summed E-state index contributed by atoms with van der Waals surface area (Å²) in [5.74, 6) is -1.04. The third-order valence-electron chi connectivity index (χ3n) is 4.13. The summed E-state index contributed by atoms with van der Waals surface area (Å²) in [6.45, 7) is 1.64. The van der Waals surface area contributed by atoms with Crippen LogP contribution in [0.5, 0.6) is 0 Å². The molecule has 0 saturated carbocycles. The number of nitrogens with zero attached hydrogens (tertiary/aromatic N) is 2. The van der Waals surface area contributed by atoms with Crippen LogP contribution in [0, 0.1) is 0 Å². The summed E-state index contributed by atoms with van der Waals surface area (Å²) in [5, 5.41) is 2.38. The van der Waals surface area contributed by atoms with Gasteiger partial charge in [0.05, 0.1) is 12.3 Å². The molecule has 2 amide bonds. The molecular weight excluding hydrogens is 346 g/mol. The van der Waals surface area contributed by atoms with E-state index >= 15 is 0 Å². The van der Waals surface area contributed by atoms with E-state index in [4.69, 9.17) is 4.74 Å². The minimum absolute atomic E-state index is 0.213. The van der Waals surface area contributed by atoms with Gasteiger partial charge in [-0.05, 0) is 24.1 Å². The van der Waals surface area contributed by atoms with Gasteiger partial charge in [0.1, 0.15) is 6.54 Å². The maximum absolute atomic E-state index is 12.9. The highest BCUT2D eigenvalue weighted by Gasteiger charge is 2.31. The Morgan fingerprint density at radius 1 is 1.22 bits per heavy atom. The Morgan fingerprint density at radius 2 is 2.00 bits per heavy atom. The van der Waals surface area contributed by atoms with Crippen molar-refractivity contribution < 1.29 is 19.1 Å². The first kappa shape index (κ1) is 18.3. The molecule has 2 aromatic rings. The number of aliphatic imine (C=N–C) groups is 1. The highest BCUT2D eigenvalue weighted by atomic mass is 16.5. The van der Waals surface area contributed by atoms with Crippen molar-refractivity contribution in [2.45, 2.75) is 13.1 Å². The largest absolute Gasteiger partial charge is 0.465 e. The van der Waals surface area contributed by atoms with E-state index in [0.29, 0.717) is 17.7 Å². The molecule has 3 rings (SSSR count). The Labute approximate surface area is 156 Å². The highest BCUT2D eigenvalue weighted by Crippen LogP contribution is 2.32. The molecule has 1 heterocycles. The maximum Gasteiger partial charge on any atom is 0.326 e. The summed E-state index contributed by atoms with van der Waals surface area (Å²) < 4.78 is 5.00. The molecule has 0 aliphatic carbocycles. The Bertz CT molecular complexity index is 880. The number of rotatable bonds is 6. The number of ether oxygens (including phenoxy) is 1. The van der Waals surface area contributed by atoms with Crippen molar-refractivity contribution in [3.8, 4) is 11.1 Å². The molecule has 0 saturated heterocycles. The molecule has 7 nitrogen and oxygen atoms in total. The first-order chi connectivity index (χ1) is 13.2. The number of anilines is 1. The molecule has 1 atom stereocenters. The van der Waals surface area contributed by atoms with Gasteiger partial charge >= 0.3 is 5.97 Å². The molecule has 27 heavy (non-hydrogen) atoms. The number of hydrogen-bond donors (Lipinski definition) is 1. The number of esters is 1. The van der Waals surface area contributed by atoms with Gasteiger partial charge in [-0.3, -0.25) is 24.3 Å². The van der Waals surface area contributed by atoms with Crippen LogP contribution in [0.3, 0.4) is 0 Å². The Morgan fingerprint density at radius 3 is 2.70 bits per heavy atom. The third-order valence-corrected chi connectivity index (χ3v) is 4.13. The van der Waals surface area contributed by atoms with Crippen molar-refractivity contribution in [2.24, 2.45) is 4.99 Å². The minimum Gasteiger partial charge on any atom is -0.465 e. The monoisotopic (exact) mass is 365 g/mol. The number of hydrogen-bond acceptors (Lipinski definition) is 5. The SMILES string of the molecule is CCOC(=O)CN1C(=O)C(NC=O)N=Cc2c(-c3ccccc3)cccc21. The first-order valence-electron chi connectivity index (χ1n) is 8.54. The van der Waals surface area contributed by atoms with E-state index in [1.54, 1.807) is 19.2 Å². The second kappa shape index (κ2) is 8.27. The van der Waals surface area contributed by atoms with E-state index in [2.05, 4.69) is 10.3 Å². The zero-order chi connectivity index (χ0) is 19.2. The molecule has 138 valence electrons. The molecule has 0 spiro atoms. The van der Waals surface area contributed by atoms with Crippen LogP contribution in [-0.2, 0) is 19.1 Å². The van der Waals surface area contributed by atoms with E-state index in [-0.39, 0.29) is 13.2 Å². The van der Waals surface area contributed by atoms with Gasteiger partial charge in [0.2, 0.25) is 12.6 Å². The fourth-order valence-electron chi connectivity index (χ4n) is 2.95. The summed E-state index contributed by atoms with van der Waals surface area (Å²) in [6, 6.07) is 15.1. The van der Waals surface area contributed by atoms with Gasteiger partial charge in [-0.2, -0.15) is 0 Å². The van der Waals surface area contributed by atoms with Crippen LogP contribution >= 0.6 is 0 Å². The smallest absolute Gasteiger partial charge is 0.326 e. The molecule has 1 N–H and O–H groups in total. The third kappa shape index (κ3) is 3.87. The summed E-state index contributed by atoms with van der Waals surface area (Å²) in [4.78, 5) is 41.3. The second-order valence-electron chi connectivity index (χ2n) is 5.80.